The molecule has 1 atom stereocenters. The Morgan fingerprint density at radius 1 is 1.23 bits per heavy atom. The number of aryl methyl sites for hydroxylation is 2. The zero-order valence-corrected chi connectivity index (χ0v) is 18.4. The van der Waals surface area contributed by atoms with Gasteiger partial charge in [-0.25, -0.2) is 4.98 Å². The van der Waals surface area contributed by atoms with Crippen molar-refractivity contribution in [2.75, 3.05) is 6.61 Å². The molecule has 1 aliphatic heterocycles. The second kappa shape index (κ2) is 8.48. The summed E-state index contributed by atoms with van der Waals surface area (Å²) in [5.41, 5.74) is 6.68. The number of halogens is 1. The fourth-order valence-corrected chi connectivity index (χ4v) is 4.63. The molecule has 3 aromatic rings. The number of aliphatic carboxylic acids is 1. The number of fused-ring (bicyclic) bond motifs is 1. The number of carbonyl (C=O) groups is 1. The van der Waals surface area contributed by atoms with E-state index in [1.807, 2.05) is 12.1 Å². The quantitative estimate of drug-likeness (QED) is 0.506. The highest BCUT2D eigenvalue weighted by atomic mass is 79.9. The van der Waals surface area contributed by atoms with Crippen molar-refractivity contribution >= 4 is 21.9 Å². The Kier molecular flexibility index (Phi) is 5.77. The van der Waals surface area contributed by atoms with Crippen molar-refractivity contribution in [3.8, 4) is 22.8 Å². The van der Waals surface area contributed by atoms with Crippen molar-refractivity contribution in [1.82, 2.24) is 4.98 Å². The summed E-state index contributed by atoms with van der Waals surface area (Å²) in [6.45, 7) is 4.97. The van der Waals surface area contributed by atoms with Crippen LogP contribution >= 0.6 is 15.9 Å². The standard InChI is InChI=1S/C24H22BrNO4/c1-14-6-19(25)7-15(2)24(14)17-5-3-4-16(8-17)12-30-22-10-21-20(11-26-22)18(13-29-21)9-23(27)28/h3-8,10-11,18H,9,12-13H2,1-2H3,(H,27,28). The van der Waals surface area contributed by atoms with Gasteiger partial charge in [-0.15, -0.1) is 0 Å². The maximum atomic E-state index is 11.0. The second-order valence-corrected chi connectivity index (χ2v) is 8.49. The second-order valence-electron chi connectivity index (χ2n) is 7.57. The molecule has 4 rings (SSSR count). The van der Waals surface area contributed by atoms with E-state index in [1.165, 1.54) is 16.7 Å². The van der Waals surface area contributed by atoms with Gasteiger partial charge in [-0.2, -0.15) is 0 Å². The Hall–Kier alpha value is -2.86. The normalized spacial score (nSPS) is 14.8. The molecule has 0 radical (unpaired) electrons. The fourth-order valence-electron chi connectivity index (χ4n) is 3.94. The average Bonchev–Trinajstić information content (AvgIpc) is 3.07. The maximum absolute atomic E-state index is 11.0. The van der Waals surface area contributed by atoms with Crippen molar-refractivity contribution in [1.29, 1.82) is 0 Å². The van der Waals surface area contributed by atoms with Crippen LogP contribution in [0.25, 0.3) is 11.1 Å². The molecule has 0 fully saturated rings. The molecule has 0 saturated heterocycles. The summed E-state index contributed by atoms with van der Waals surface area (Å²) >= 11 is 3.56. The molecule has 0 spiro atoms. The number of nitrogens with zero attached hydrogens (tertiary/aromatic N) is 1. The maximum Gasteiger partial charge on any atom is 0.304 e. The number of hydrogen-bond donors (Lipinski definition) is 1. The molecule has 2 heterocycles. The van der Waals surface area contributed by atoms with Crippen LogP contribution < -0.4 is 9.47 Å². The van der Waals surface area contributed by atoms with E-state index in [-0.39, 0.29) is 12.3 Å². The largest absolute Gasteiger partial charge is 0.492 e. The Balaban J connectivity index is 1.49. The Labute approximate surface area is 183 Å². The summed E-state index contributed by atoms with van der Waals surface area (Å²) in [4.78, 5) is 15.3. The number of benzene rings is 2. The zero-order chi connectivity index (χ0) is 21.3. The van der Waals surface area contributed by atoms with Crippen LogP contribution in [-0.4, -0.2) is 22.7 Å². The van der Waals surface area contributed by atoms with Crippen LogP contribution in [0.15, 0.2) is 53.1 Å². The van der Waals surface area contributed by atoms with Gasteiger partial charge < -0.3 is 14.6 Å². The monoisotopic (exact) mass is 467 g/mol. The molecule has 0 amide bonds. The van der Waals surface area contributed by atoms with Gasteiger partial charge in [0.05, 0.1) is 13.0 Å². The zero-order valence-electron chi connectivity index (χ0n) is 16.8. The van der Waals surface area contributed by atoms with E-state index < -0.39 is 5.97 Å². The summed E-state index contributed by atoms with van der Waals surface area (Å²) in [7, 11) is 0. The third-order valence-electron chi connectivity index (χ3n) is 5.27. The minimum absolute atomic E-state index is 0.0383. The van der Waals surface area contributed by atoms with E-state index in [4.69, 9.17) is 14.6 Å². The minimum Gasteiger partial charge on any atom is -0.492 e. The lowest BCUT2D eigenvalue weighted by atomic mass is 9.95. The molecule has 154 valence electrons. The van der Waals surface area contributed by atoms with Gasteiger partial charge in [0.25, 0.3) is 0 Å². The van der Waals surface area contributed by atoms with Gasteiger partial charge in [0.1, 0.15) is 12.4 Å². The first kappa shape index (κ1) is 20.4. The Bertz CT molecular complexity index is 1090. The smallest absolute Gasteiger partial charge is 0.304 e. The summed E-state index contributed by atoms with van der Waals surface area (Å²) in [5.74, 6) is 0.119. The van der Waals surface area contributed by atoms with Crippen molar-refractivity contribution in [2.24, 2.45) is 0 Å². The Morgan fingerprint density at radius 2 is 2.00 bits per heavy atom. The van der Waals surface area contributed by atoms with Crippen LogP contribution in [0.2, 0.25) is 0 Å². The van der Waals surface area contributed by atoms with Crippen molar-refractivity contribution < 1.29 is 19.4 Å². The molecular weight excluding hydrogens is 446 g/mol. The Morgan fingerprint density at radius 3 is 2.73 bits per heavy atom. The molecule has 30 heavy (non-hydrogen) atoms. The molecule has 2 aromatic carbocycles. The summed E-state index contributed by atoms with van der Waals surface area (Å²) in [6.07, 6.45) is 1.70. The van der Waals surface area contributed by atoms with E-state index in [1.54, 1.807) is 12.3 Å². The number of rotatable bonds is 6. The predicted molar refractivity (Wildman–Crippen MR) is 118 cm³/mol. The van der Waals surface area contributed by atoms with Crippen molar-refractivity contribution in [2.45, 2.75) is 32.8 Å². The lowest BCUT2D eigenvalue weighted by Gasteiger charge is -2.13. The summed E-state index contributed by atoms with van der Waals surface area (Å²) in [6, 6.07) is 14.3. The third kappa shape index (κ3) is 4.33. The average molecular weight is 468 g/mol. The highest BCUT2D eigenvalue weighted by Gasteiger charge is 2.27. The van der Waals surface area contributed by atoms with E-state index in [0.29, 0.717) is 24.8 Å². The first-order chi connectivity index (χ1) is 14.4. The van der Waals surface area contributed by atoms with E-state index in [0.717, 1.165) is 21.2 Å². The van der Waals surface area contributed by atoms with Crippen molar-refractivity contribution in [3.63, 3.8) is 0 Å². The minimum atomic E-state index is -0.840. The molecular formula is C24H22BrNO4. The molecule has 0 saturated carbocycles. The van der Waals surface area contributed by atoms with E-state index in [2.05, 4.69) is 59.0 Å². The van der Waals surface area contributed by atoms with Gasteiger partial charge >= 0.3 is 5.97 Å². The van der Waals surface area contributed by atoms with Gasteiger partial charge in [-0.1, -0.05) is 34.1 Å². The first-order valence-corrected chi connectivity index (χ1v) is 10.5. The first-order valence-electron chi connectivity index (χ1n) is 9.74. The highest BCUT2D eigenvalue weighted by molar-refractivity contribution is 9.10. The summed E-state index contributed by atoms with van der Waals surface area (Å²) in [5, 5.41) is 9.01. The van der Waals surface area contributed by atoms with Gasteiger partial charge in [0.15, 0.2) is 0 Å². The number of hydrogen-bond acceptors (Lipinski definition) is 4. The summed E-state index contributed by atoms with van der Waals surface area (Å²) < 4.78 is 12.6. The predicted octanol–water partition coefficient (Wildman–Crippen LogP) is 5.66. The van der Waals surface area contributed by atoms with Crippen molar-refractivity contribution in [3.05, 3.63) is 75.4 Å². The van der Waals surface area contributed by atoms with Gasteiger partial charge in [0, 0.05) is 28.2 Å². The molecule has 1 aromatic heterocycles. The van der Waals surface area contributed by atoms with E-state index in [9.17, 15) is 4.79 Å². The van der Waals surface area contributed by atoms with Gasteiger partial charge in [-0.3, -0.25) is 4.79 Å². The van der Waals surface area contributed by atoms with Crippen LogP contribution in [-0.2, 0) is 11.4 Å². The third-order valence-corrected chi connectivity index (χ3v) is 5.73. The molecule has 0 bridgehead atoms. The van der Waals surface area contributed by atoms with E-state index >= 15 is 0 Å². The van der Waals surface area contributed by atoms with Crippen LogP contribution in [0, 0.1) is 13.8 Å². The van der Waals surface area contributed by atoms with Crippen LogP contribution in [0.1, 0.15) is 34.6 Å². The number of carboxylic acids is 1. The molecule has 1 aliphatic rings. The number of aromatic nitrogens is 1. The SMILES string of the molecule is Cc1cc(Br)cc(C)c1-c1cccc(COc2cc3c(cn2)C(CC(=O)O)CO3)c1. The number of pyridine rings is 1. The van der Waals surface area contributed by atoms with Crippen LogP contribution in [0.4, 0.5) is 0 Å². The van der Waals surface area contributed by atoms with Crippen LogP contribution in [0.3, 0.4) is 0 Å². The molecule has 5 nitrogen and oxygen atoms in total. The highest BCUT2D eigenvalue weighted by Crippen LogP contribution is 2.37. The lowest BCUT2D eigenvalue weighted by Crippen LogP contribution is -2.07. The topological polar surface area (TPSA) is 68.7 Å². The number of ether oxygens (including phenoxy) is 2. The molecule has 1 N–H and O–H groups in total. The van der Waals surface area contributed by atoms with Gasteiger partial charge in [-0.05, 0) is 59.9 Å². The van der Waals surface area contributed by atoms with Crippen LogP contribution in [0.5, 0.6) is 11.6 Å². The molecule has 6 heteroatoms. The number of carboxylic acid groups (broad SMARTS) is 1. The van der Waals surface area contributed by atoms with Gasteiger partial charge in [0.2, 0.25) is 5.88 Å². The molecule has 1 unspecified atom stereocenters. The lowest BCUT2D eigenvalue weighted by molar-refractivity contribution is -0.137. The fraction of sp³-hybridized carbons (Fsp3) is 0.250. The molecule has 0 aliphatic carbocycles.